The number of nitrogens with one attached hydrogen (secondary N) is 1. The molecule has 0 unspecified atom stereocenters. The summed E-state index contributed by atoms with van der Waals surface area (Å²) in [7, 11) is 0. The van der Waals surface area contributed by atoms with Gasteiger partial charge in [-0.3, -0.25) is 4.79 Å². The summed E-state index contributed by atoms with van der Waals surface area (Å²) < 4.78 is 5.29. The van der Waals surface area contributed by atoms with Crippen LogP contribution < -0.4 is 5.32 Å². The number of hydrogen-bond donors (Lipinski definition) is 1. The molecule has 0 aromatic carbocycles. The van der Waals surface area contributed by atoms with Crippen molar-refractivity contribution >= 4 is 5.91 Å². The van der Waals surface area contributed by atoms with Crippen molar-refractivity contribution in [2.24, 2.45) is 5.92 Å². The smallest absolute Gasteiger partial charge is 0.273 e. The van der Waals surface area contributed by atoms with E-state index < -0.39 is 0 Å². The predicted molar refractivity (Wildman–Crippen MR) is 82.4 cm³/mol. The van der Waals surface area contributed by atoms with Crippen LogP contribution in [0.1, 0.15) is 62.2 Å². The van der Waals surface area contributed by atoms with Crippen LogP contribution in [0.5, 0.6) is 0 Å². The molecular formula is C16H27N3O2. The van der Waals surface area contributed by atoms with E-state index in [0.717, 1.165) is 19.5 Å². The molecule has 1 aliphatic rings. The molecule has 1 aromatic heterocycles. The molecular weight excluding hydrogens is 266 g/mol. The number of hydrogen-bond acceptors (Lipinski definition) is 4. The highest BCUT2D eigenvalue weighted by Crippen LogP contribution is 2.20. The van der Waals surface area contributed by atoms with Crippen molar-refractivity contribution in [1.82, 2.24) is 15.2 Å². The Labute approximate surface area is 127 Å². The zero-order valence-electron chi connectivity index (χ0n) is 13.4. The Morgan fingerprint density at radius 2 is 2.38 bits per heavy atom. The molecule has 2 rings (SSSR count). The summed E-state index contributed by atoms with van der Waals surface area (Å²) in [6.07, 6.45) is 4.93. The van der Waals surface area contributed by atoms with E-state index in [4.69, 9.17) is 4.42 Å². The lowest BCUT2D eigenvalue weighted by Gasteiger charge is -2.31. The number of likely N-dealkylation sites (tertiary alicyclic amines) is 1. The van der Waals surface area contributed by atoms with E-state index in [1.54, 1.807) is 0 Å². The highest BCUT2D eigenvalue weighted by atomic mass is 16.3. The van der Waals surface area contributed by atoms with Gasteiger partial charge in [-0.1, -0.05) is 20.8 Å². The first-order valence-corrected chi connectivity index (χ1v) is 8.05. The molecule has 5 heteroatoms. The first kappa shape index (κ1) is 16.0. The number of carbonyl (C=O) groups is 1. The molecule has 2 heterocycles. The average molecular weight is 293 g/mol. The lowest BCUT2D eigenvalue weighted by molar-refractivity contribution is 0.0940. The van der Waals surface area contributed by atoms with Gasteiger partial charge in [-0.25, -0.2) is 4.98 Å². The molecule has 1 aromatic rings. The molecule has 1 aliphatic heterocycles. The summed E-state index contributed by atoms with van der Waals surface area (Å²) in [5.41, 5.74) is 0.434. The van der Waals surface area contributed by atoms with E-state index >= 15 is 0 Å². The molecule has 1 N–H and O–H groups in total. The first-order valence-electron chi connectivity index (χ1n) is 8.05. The van der Waals surface area contributed by atoms with E-state index in [1.165, 1.54) is 25.8 Å². The van der Waals surface area contributed by atoms with Crippen molar-refractivity contribution in [1.29, 1.82) is 0 Å². The van der Waals surface area contributed by atoms with Gasteiger partial charge in [0.05, 0.1) is 0 Å². The maximum absolute atomic E-state index is 12.1. The normalized spacial score (nSPS) is 19.9. The Balaban J connectivity index is 1.78. The number of piperidine rings is 1. The molecule has 118 valence electrons. The molecule has 0 saturated carbocycles. The van der Waals surface area contributed by atoms with Crippen molar-refractivity contribution in [3.63, 3.8) is 0 Å². The lowest BCUT2D eigenvalue weighted by atomic mass is 9.95. The van der Waals surface area contributed by atoms with Crippen molar-refractivity contribution in [3.8, 4) is 0 Å². The van der Waals surface area contributed by atoms with Gasteiger partial charge in [-0.15, -0.1) is 0 Å². The van der Waals surface area contributed by atoms with E-state index in [0.29, 0.717) is 23.9 Å². The van der Waals surface area contributed by atoms with Crippen LogP contribution in [-0.2, 0) is 0 Å². The fraction of sp³-hybridized carbons (Fsp3) is 0.750. The highest BCUT2D eigenvalue weighted by Gasteiger charge is 2.21. The monoisotopic (exact) mass is 293 g/mol. The van der Waals surface area contributed by atoms with E-state index in [1.807, 2.05) is 13.8 Å². The second-order valence-corrected chi connectivity index (χ2v) is 6.17. The van der Waals surface area contributed by atoms with E-state index in [-0.39, 0.29) is 11.8 Å². The largest absolute Gasteiger partial charge is 0.447 e. The van der Waals surface area contributed by atoms with Gasteiger partial charge in [0.1, 0.15) is 5.76 Å². The van der Waals surface area contributed by atoms with Gasteiger partial charge in [0, 0.05) is 19.0 Å². The number of rotatable bonds is 6. The molecule has 0 spiro atoms. The SMILES string of the molecule is CCN1CCC[C@@H](CCNC(=O)c2ncoc2C(C)C)C1. The number of nitrogens with zero attached hydrogens (tertiary/aromatic N) is 2. The van der Waals surface area contributed by atoms with Crippen LogP contribution in [0.25, 0.3) is 0 Å². The van der Waals surface area contributed by atoms with Crippen LogP contribution in [0.15, 0.2) is 10.8 Å². The maximum Gasteiger partial charge on any atom is 0.273 e. The standard InChI is InChI=1S/C16H27N3O2/c1-4-19-9-5-6-13(10-19)7-8-17-16(20)14-15(12(2)3)21-11-18-14/h11-13H,4-10H2,1-3H3,(H,17,20)/t13-/m0/s1. The van der Waals surface area contributed by atoms with Crippen LogP contribution in [0.2, 0.25) is 0 Å². The van der Waals surface area contributed by atoms with Crippen LogP contribution in [-0.4, -0.2) is 42.0 Å². The van der Waals surface area contributed by atoms with E-state index in [9.17, 15) is 4.79 Å². The molecule has 21 heavy (non-hydrogen) atoms. The van der Waals surface area contributed by atoms with Crippen molar-refractivity contribution in [2.45, 2.75) is 46.0 Å². The summed E-state index contributed by atoms with van der Waals surface area (Å²) in [4.78, 5) is 18.7. The number of amides is 1. The van der Waals surface area contributed by atoms with Gasteiger partial charge in [0.25, 0.3) is 5.91 Å². The Kier molecular flexibility index (Phi) is 5.79. The lowest BCUT2D eigenvalue weighted by Crippen LogP contribution is -2.37. The van der Waals surface area contributed by atoms with Crippen molar-refractivity contribution < 1.29 is 9.21 Å². The molecule has 0 radical (unpaired) electrons. The number of oxazole rings is 1. The molecule has 0 aliphatic carbocycles. The second-order valence-electron chi connectivity index (χ2n) is 6.17. The fourth-order valence-electron chi connectivity index (χ4n) is 2.98. The van der Waals surface area contributed by atoms with Crippen molar-refractivity contribution in [3.05, 3.63) is 17.8 Å². The topological polar surface area (TPSA) is 58.4 Å². The van der Waals surface area contributed by atoms with Crippen LogP contribution in [0, 0.1) is 5.92 Å². The summed E-state index contributed by atoms with van der Waals surface area (Å²) in [5.74, 6) is 1.42. The summed E-state index contributed by atoms with van der Waals surface area (Å²) in [5, 5.41) is 2.98. The van der Waals surface area contributed by atoms with Crippen LogP contribution in [0.4, 0.5) is 0 Å². The van der Waals surface area contributed by atoms with Crippen molar-refractivity contribution in [2.75, 3.05) is 26.2 Å². The Morgan fingerprint density at radius 3 is 3.10 bits per heavy atom. The third-order valence-corrected chi connectivity index (χ3v) is 4.22. The summed E-state index contributed by atoms with van der Waals surface area (Å²) >= 11 is 0. The molecule has 1 amide bonds. The zero-order valence-corrected chi connectivity index (χ0v) is 13.4. The third-order valence-electron chi connectivity index (χ3n) is 4.22. The highest BCUT2D eigenvalue weighted by molar-refractivity contribution is 5.93. The minimum absolute atomic E-state index is 0.115. The number of aromatic nitrogens is 1. The second kappa shape index (κ2) is 7.59. The Hall–Kier alpha value is -1.36. The van der Waals surface area contributed by atoms with Gasteiger partial charge in [0.2, 0.25) is 0 Å². The van der Waals surface area contributed by atoms with Gasteiger partial charge in [0.15, 0.2) is 12.1 Å². The molecule has 0 bridgehead atoms. The van der Waals surface area contributed by atoms with E-state index in [2.05, 4.69) is 22.1 Å². The van der Waals surface area contributed by atoms with Gasteiger partial charge in [-0.2, -0.15) is 0 Å². The van der Waals surface area contributed by atoms with Gasteiger partial charge in [-0.05, 0) is 38.3 Å². The average Bonchev–Trinajstić information content (AvgIpc) is 2.97. The molecule has 5 nitrogen and oxygen atoms in total. The number of carbonyl (C=O) groups excluding carboxylic acids is 1. The summed E-state index contributed by atoms with van der Waals surface area (Å²) in [6.45, 7) is 10.4. The predicted octanol–water partition coefficient (Wildman–Crippen LogP) is 2.65. The van der Waals surface area contributed by atoms with Crippen LogP contribution >= 0.6 is 0 Å². The Morgan fingerprint density at radius 1 is 1.57 bits per heavy atom. The Bertz CT molecular complexity index is 456. The minimum atomic E-state index is -0.115. The van der Waals surface area contributed by atoms with Crippen LogP contribution in [0.3, 0.4) is 0 Å². The van der Waals surface area contributed by atoms with Gasteiger partial charge >= 0.3 is 0 Å². The van der Waals surface area contributed by atoms with Gasteiger partial charge < -0.3 is 14.6 Å². The first-order chi connectivity index (χ1) is 10.1. The fourth-order valence-corrected chi connectivity index (χ4v) is 2.98. The third kappa shape index (κ3) is 4.30. The molecule has 1 fully saturated rings. The molecule has 1 saturated heterocycles. The summed E-state index contributed by atoms with van der Waals surface area (Å²) in [6, 6.07) is 0. The minimum Gasteiger partial charge on any atom is -0.447 e. The quantitative estimate of drug-likeness (QED) is 0.876. The zero-order chi connectivity index (χ0) is 15.2. The maximum atomic E-state index is 12.1. The molecule has 1 atom stereocenters.